The molecular weight excluding hydrogens is 487 g/mol. The molecule has 8 heteroatoms. The SMILES string of the molecule is CC[C@@H](C)NC(=O)[C@H](Cc1ccccc1)N(Cc1ccc(F)cc1)C(=O)COc1cc(OC)cc(OC)c1. The van der Waals surface area contributed by atoms with Crippen molar-refractivity contribution in [3.8, 4) is 17.2 Å². The minimum atomic E-state index is -0.813. The van der Waals surface area contributed by atoms with Gasteiger partial charge in [0.25, 0.3) is 5.91 Å². The lowest BCUT2D eigenvalue weighted by molar-refractivity contribution is -0.143. The molecule has 0 unspecified atom stereocenters. The molecule has 0 saturated heterocycles. The number of ether oxygens (including phenoxy) is 3. The second-order valence-corrected chi connectivity index (χ2v) is 9.01. The van der Waals surface area contributed by atoms with Gasteiger partial charge < -0.3 is 24.4 Å². The molecule has 2 amide bonds. The first-order valence-corrected chi connectivity index (χ1v) is 12.6. The van der Waals surface area contributed by atoms with E-state index in [1.165, 1.54) is 31.3 Å². The maximum Gasteiger partial charge on any atom is 0.261 e. The average molecular weight is 523 g/mol. The maximum atomic E-state index is 13.7. The molecule has 0 aromatic heterocycles. The Morgan fingerprint density at radius 1 is 0.895 bits per heavy atom. The first-order chi connectivity index (χ1) is 18.3. The molecule has 3 aromatic carbocycles. The van der Waals surface area contributed by atoms with E-state index >= 15 is 0 Å². The van der Waals surface area contributed by atoms with Gasteiger partial charge in [0, 0.05) is 37.2 Å². The molecule has 2 atom stereocenters. The normalized spacial score (nSPS) is 12.2. The zero-order chi connectivity index (χ0) is 27.5. The van der Waals surface area contributed by atoms with Gasteiger partial charge >= 0.3 is 0 Å². The van der Waals surface area contributed by atoms with Gasteiger partial charge in [0.1, 0.15) is 29.1 Å². The number of benzene rings is 3. The van der Waals surface area contributed by atoms with Crippen LogP contribution in [-0.2, 0) is 22.6 Å². The molecule has 1 N–H and O–H groups in total. The van der Waals surface area contributed by atoms with E-state index in [-0.39, 0.29) is 30.9 Å². The molecule has 0 aliphatic carbocycles. The van der Waals surface area contributed by atoms with Gasteiger partial charge in [-0.2, -0.15) is 0 Å². The van der Waals surface area contributed by atoms with Crippen molar-refractivity contribution in [3.63, 3.8) is 0 Å². The van der Waals surface area contributed by atoms with E-state index in [9.17, 15) is 14.0 Å². The van der Waals surface area contributed by atoms with Crippen molar-refractivity contribution < 1.29 is 28.2 Å². The number of hydrogen-bond acceptors (Lipinski definition) is 5. The Hall–Kier alpha value is -4.07. The molecule has 202 valence electrons. The highest BCUT2D eigenvalue weighted by Crippen LogP contribution is 2.27. The molecule has 0 aliphatic rings. The number of carbonyl (C=O) groups excluding carboxylic acids is 2. The Bertz CT molecular complexity index is 1160. The van der Waals surface area contributed by atoms with Crippen molar-refractivity contribution >= 4 is 11.8 Å². The van der Waals surface area contributed by atoms with E-state index in [1.807, 2.05) is 44.2 Å². The summed E-state index contributed by atoms with van der Waals surface area (Å²) in [6.45, 7) is 3.69. The van der Waals surface area contributed by atoms with E-state index in [2.05, 4.69) is 5.32 Å². The Balaban J connectivity index is 1.92. The summed E-state index contributed by atoms with van der Waals surface area (Å²) in [5.41, 5.74) is 1.60. The minimum absolute atomic E-state index is 0.0657. The maximum absolute atomic E-state index is 13.7. The number of nitrogens with zero attached hydrogens (tertiary/aromatic N) is 1. The third-order valence-electron chi connectivity index (χ3n) is 6.23. The van der Waals surface area contributed by atoms with Crippen LogP contribution < -0.4 is 19.5 Å². The molecule has 7 nitrogen and oxygen atoms in total. The lowest BCUT2D eigenvalue weighted by Gasteiger charge is -2.32. The summed E-state index contributed by atoms with van der Waals surface area (Å²) in [7, 11) is 3.05. The second kappa shape index (κ2) is 14.0. The van der Waals surface area contributed by atoms with Gasteiger partial charge in [-0.05, 0) is 36.6 Å². The summed E-state index contributed by atoms with van der Waals surface area (Å²) in [6.07, 6.45) is 1.06. The monoisotopic (exact) mass is 522 g/mol. The van der Waals surface area contributed by atoms with Crippen molar-refractivity contribution in [2.75, 3.05) is 20.8 Å². The summed E-state index contributed by atoms with van der Waals surface area (Å²) < 4.78 is 30.0. The van der Waals surface area contributed by atoms with Crippen molar-refractivity contribution in [1.29, 1.82) is 0 Å². The largest absolute Gasteiger partial charge is 0.496 e. The highest BCUT2D eigenvalue weighted by molar-refractivity contribution is 5.88. The van der Waals surface area contributed by atoms with Crippen LogP contribution in [-0.4, -0.2) is 49.6 Å². The van der Waals surface area contributed by atoms with E-state index < -0.39 is 11.9 Å². The number of amides is 2. The molecule has 0 spiro atoms. The van der Waals surface area contributed by atoms with Crippen LogP contribution in [0, 0.1) is 5.82 Å². The molecule has 3 rings (SSSR count). The first-order valence-electron chi connectivity index (χ1n) is 12.6. The van der Waals surface area contributed by atoms with Crippen molar-refractivity contribution in [1.82, 2.24) is 10.2 Å². The van der Waals surface area contributed by atoms with Crippen LogP contribution in [0.2, 0.25) is 0 Å². The van der Waals surface area contributed by atoms with E-state index in [4.69, 9.17) is 14.2 Å². The van der Waals surface area contributed by atoms with E-state index in [0.29, 0.717) is 29.2 Å². The summed E-state index contributed by atoms with van der Waals surface area (Å²) >= 11 is 0. The number of methoxy groups -OCH3 is 2. The van der Waals surface area contributed by atoms with Gasteiger partial charge in [-0.3, -0.25) is 9.59 Å². The summed E-state index contributed by atoms with van der Waals surface area (Å²) in [5.74, 6) is 0.394. The Kier molecular flexibility index (Phi) is 10.5. The number of halogens is 1. The molecule has 0 heterocycles. The van der Waals surface area contributed by atoms with Crippen LogP contribution in [0.1, 0.15) is 31.4 Å². The molecule has 0 aliphatic heterocycles. The molecule has 0 fully saturated rings. The molecule has 0 radical (unpaired) electrons. The highest BCUT2D eigenvalue weighted by Gasteiger charge is 2.31. The predicted molar refractivity (Wildman–Crippen MR) is 144 cm³/mol. The molecule has 0 saturated carbocycles. The van der Waals surface area contributed by atoms with Gasteiger partial charge in [0.15, 0.2) is 6.61 Å². The number of carbonyl (C=O) groups is 2. The molecule has 0 bridgehead atoms. The van der Waals surface area contributed by atoms with Crippen LogP contribution in [0.5, 0.6) is 17.2 Å². The number of nitrogens with one attached hydrogen (secondary N) is 1. The zero-order valence-electron chi connectivity index (χ0n) is 22.3. The lowest BCUT2D eigenvalue weighted by atomic mass is 10.0. The van der Waals surface area contributed by atoms with Crippen molar-refractivity contribution in [2.24, 2.45) is 0 Å². The Morgan fingerprint density at radius 3 is 2.08 bits per heavy atom. The van der Waals surface area contributed by atoms with Gasteiger partial charge in [-0.15, -0.1) is 0 Å². The lowest BCUT2D eigenvalue weighted by Crippen LogP contribution is -2.53. The fraction of sp³-hybridized carbons (Fsp3) is 0.333. The van der Waals surface area contributed by atoms with E-state index in [0.717, 1.165) is 12.0 Å². The minimum Gasteiger partial charge on any atom is -0.496 e. The van der Waals surface area contributed by atoms with Gasteiger partial charge in [0.2, 0.25) is 5.91 Å². The highest BCUT2D eigenvalue weighted by atomic mass is 19.1. The van der Waals surface area contributed by atoms with Crippen LogP contribution >= 0.6 is 0 Å². The van der Waals surface area contributed by atoms with E-state index in [1.54, 1.807) is 30.3 Å². The van der Waals surface area contributed by atoms with Gasteiger partial charge in [0.05, 0.1) is 14.2 Å². The van der Waals surface area contributed by atoms with Gasteiger partial charge in [-0.1, -0.05) is 49.4 Å². The van der Waals surface area contributed by atoms with Crippen LogP contribution in [0.3, 0.4) is 0 Å². The topological polar surface area (TPSA) is 77.1 Å². The quantitative estimate of drug-likeness (QED) is 0.350. The van der Waals surface area contributed by atoms with Crippen LogP contribution in [0.25, 0.3) is 0 Å². The summed E-state index contributed by atoms with van der Waals surface area (Å²) in [4.78, 5) is 28.7. The zero-order valence-corrected chi connectivity index (χ0v) is 22.3. The molecule has 38 heavy (non-hydrogen) atoms. The first kappa shape index (κ1) is 28.5. The standard InChI is InChI=1S/C30H35FN2O5/c1-5-21(2)32-30(35)28(15-22-9-7-6-8-10-22)33(19-23-11-13-24(31)14-12-23)29(34)20-38-27-17-25(36-3)16-26(18-27)37-4/h6-14,16-18,21,28H,5,15,19-20H2,1-4H3,(H,32,35)/t21-,28+/m1/s1. The van der Waals surface area contributed by atoms with Crippen LogP contribution in [0.15, 0.2) is 72.8 Å². The smallest absolute Gasteiger partial charge is 0.261 e. The molecule has 3 aromatic rings. The Labute approximate surface area is 223 Å². The van der Waals surface area contributed by atoms with Gasteiger partial charge in [-0.25, -0.2) is 4.39 Å². The predicted octanol–water partition coefficient (Wildman–Crippen LogP) is 4.78. The number of rotatable bonds is 13. The van der Waals surface area contributed by atoms with Crippen LogP contribution in [0.4, 0.5) is 4.39 Å². The summed E-state index contributed by atoms with van der Waals surface area (Å²) in [6, 6.07) is 19.5. The summed E-state index contributed by atoms with van der Waals surface area (Å²) in [5, 5.41) is 3.02. The third kappa shape index (κ3) is 8.23. The third-order valence-corrected chi connectivity index (χ3v) is 6.23. The van der Waals surface area contributed by atoms with Crippen molar-refractivity contribution in [2.45, 2.75) is 45.3 Å². The Morgan fingerprint density at radius 2 is 1.50 bits per heavy atom. The fourth-order valence-corrected chi connectivity index (χ4v) is 3.87. The fourth-order valence-electron chi connectivity index (χ4n) is 3.87. The second-order valence-electron chi connectivity index (χ2n) is 9.01. The molecular formula is C30H35FN2O5. The average Bonchev–Trinajstić information content (AvgIpc) is 2.94. The number of hydrogen-bond donors (Lipinski definition) is 1. The van der Waals surface area contributed by atoms with Crippen molar-refractivity contribution in [3.05, 3.63) is 89.7 Å².